The van der Waals surface area contributed by atoms with Crippen molar-refractivity contribution in [2.24, 2.45) is 17.8 Å². The summed E-state index contributed by atoms with van der Waals surface area (Å²) in [6.45, 7) is 4.11. The molecule has 2 saturated carbocycles. The molecule has 2 bridgehead atoms. The molecule has 2 aliphatic carbocycles. The molecule has 0 aromatic rings. The molecule has 1 amide bonds. The fourth-order valence-electron chi connectivity index (χ4n) is 3.16. The minimum Gasteiger partial charge on any atom is -0.353 e. The van der Waals surface area contributed by atoms with Gasteiger partial charge in [-0.25, -0.2) is 0 Å². The first kappa shape index (κ1) is 12.6. The van der Waals surface area contributed by atoms with Crippen molar-refractivity contribution in [3.8, 4) is 0 Å². The molecular weight excluding hydrogens is 214 g/mol. The van der Waals surface area contributed by atoms with Crippen molar-refractivity contribution in [3.05, 3.63) is 0 Å². The molecule has 3 atom stereocenters. The highest BCUT2D eigenvalue weighted by Crippen LogP contribution is 2.40. The van der Waals surface area contributed by atoms with Gasteiger partial charge in [0.05, 0.1) is 0 Å². The zero-order valence-electron chi connectivity index (χ0n) is 10.9. The molecule has 0 radical (unpaired) electrons. The molecule has 2 aliphatic rings. The van der Waals surface area contributed by atoms with Crippen LogP contribution in [0, 0.1) is 17.8 Å². The monoisotopic (exact) mass is 237 g/mol. The van der Waals surface area contributed by atoms with E-state index >= 15 is 0 Å². The highest BCUT2D eigenvalue weighted by atomic mass is 16.2. The van der Waals surface area contributed by atoms with Crippen LogP contribution in [-0.2, 0) is 9.59 Å². The van der Waals surface area contributed by atoms with Gasteiger partial charge < -0.3 is 5.32 Å². The third kappa shape index (κ3) is 2.70. The van der Waals surface area contributed by atoms with Crippen LogP contribution in [0.2, 0.25) is 0 Å². The Labute approximate surface area is 103 Å². The highest BCUT2D eigenvalue weighted by molar-refractivity contribution is 5.88. The van der Waals surface area contributed by atoms with Gasteiger partial charge in [0.2, 0.25) is 5.91 Å². The van der Waals surface area contributed by atoms with Gasteiger partial charge in [0.15, 0.2) is 0 Å². The van der Waals surface area contributed by atoms with E-state index in [2.05, 4.69) is 12.2 Å². The minimum absolute atomic E-state index is 0.0806. The fraction of sp³-hybridized carbons (Fsp3) is 0.857. The lowest BCUT2D eigenvalue weighted by Gasteiger charge is -2.37. The number of nitrogens with one attached hydrogen (secondary N) is 1. The van der Waals surface area contributed by atoms with Gasteiger partial charge in [-0.1, -0.05) is 13.3 Å². The maximum Gasteiger partial charge on any atom is 0.223 e. The number of hydrogen-bond donors (Lipinski definition) is 1. The molecule has 2 fully saturated rings. The molecule has 3 unspecified atom stereocenters. The van der Waals surface area contributed by atoms with E-state index < -0.39 is 0 Å². The van der Waals surface area contributed by atoms with Gasteiger partial charge in [-0.15, -0.1) is 0 Å². The second kappa shape index (κ2) is 5.19. The van der Waals surface area contributed by atoms with Crippen molar-refractivity contribution in [3.63, 3.8) is 0 Å². The van der Waals surface area contributed by atoms with Crippen molar-refractivity contribution in [1.29, 1.82) is 0 Å². The Hall–Kier alpha value is -0.860. The molecule has 0 spiro atoms. The average Bonchev–Trinajstić information content (AvgIpc) is 2.28. The summed E-state index contributed by atoms with van der Waals surface area (Å²) >= 11 is 0. The SMILES string of the molecule is CCC(C)NC(=O)C1CC2CCCC(C1)C2=O. The van der Waals surface area contributed by atoms with E-state index in [0.717, 1.165) is 32.1 Å². The van der Waals surface area contributed by atoms with Gasteiger partial charge in [0.25, 0.3) is 0 Å². The lowest BCUT2D eigenvalue weighted by atomic mass is 9.67. The molecule has 3 heteroatoms. The van der Waals surface area contributed by atoms with Crippen molar-refractivity contribution in [2.45, 2.75) is 58.4 Å². The van der Waals surface area contributed by atoms with Gasteiger partial charge in [0, 0.05) is 23.8 Å². The lowest BCUT2D eigenvalue weighted by molar-refractivity contribution is -0.137. The van der Waals surface area contributed by atoms with Crippen LogP contribution in [0.25, 0.3) is 0 Å². The Morgan fingerprint density at radius 2 is 1.94 bits per heavy atom. The number of fused-ring (bicyclic) bond motifs is 2. The van der Waals surface area contributed by atoms with E-state index in [-0.39, 0.29) is 29.7 Å². The summed E-state index contributed by atoms with van der Waals surface area (Å²) in [6, 6.07) is 0.250. The Kier molecular flexibility index (Phi) is 3.85. The van der Waals surface area contributed by atoms with Crippen molar-refractivity contribution < 1.29 is 9.59 Å². The van der Waals surface area contributed by atoms with E-state index in [0.29, 0.717) is 5.78 Å². The van der Waals surface area contributed by atoms with Gasteiger partial charge in [-0.3, -0.25) is 9.59 Å². The summed E-state index contributed by atoms with van der Waals surface area (Å²) in [6.07, 6.45) is 5.71. The van der Waals surface area contributed by atoms with Crippen LogP contribution in [-0.4, -0.2) is 17.7 Å². The fourth-order valence-corrected chi connectivity index (χ4v) is 3.16. The predicted octanol–water partition coefficient (Wildman–Crippen LogP) is 2.30. The smallest absolute Gasteiger partial charge is 0.223 e. The molecule has 0 aromatic carbocycles. The number of ketones is 1. The van der Waals surface area contributed by atoms with Crippen molar-refractivity contribution >= 4 is 11.7 Å². The number of Topliss-reactive ketones (excluding diaryl/α,β-unsaturated/α-hetero) is 1. The van der Waals surface area contributed by atoms with E-state index in [1.807, 2.05) is 6.92 Å². The standard InChI is InChI=1S/C14H23NO2/c1-3-9(2)15-14(17)12-7-10-5-4-6-11(8-12)13(10)16/h9-12H,3-8H2,1-2H3,(H,15,17). The summed E-state index contributed by atoms with van der Waals surface area (Å²) in [7, 11) is 0. The maximum absolute atomic E-state index is 12.1. The molecule has 0 heterocycles. The third-order valence-electron chi connectivity index (χ3n) is 4.42. The second-order valence-corrected chi connectivity index (χ2v) is 5.71. The molecule has 96 valence electrons. The van der Waals surface area contributed by atoms with Crippen LogP contribution in [0.5, 0.6) is 0 Å². The zero-order chi connectivity index (χ0) is 12.4. The normalized spacial score (nSPS) is 34.2. The highest BCUT2D eigenvalue weighted by Gasteiger charge is 2.41. The first-order valence-corrected chi connectivity index (χ1v) is 6.96. The molecule has 17 heavy (non-hydrogen) atoms. The summed E-state index contributed by atoms with van der Waals surface area (Å²) in [5.74, 6) is 1.04. The Bertz CT molecular complexity index is 297. The number of hydrogen-bond acceptors (Lipinski definition) is 2. The van der Waals surface area contributed by atoms with Gasteiger partial charge >= 0.3 is 0 Å². The minimum atomic E-state index is 0.0806. The van der Waals surface area contributed by atoms with Gasteiger partial charge in [0.1, 0.15) is 5.78 Å². The van der Waals surface area contributed by atoms with E-state index in [4.69, 9.17) is 0 Å². The summed E-state index contributed by atoms with van der Waals surface area (Å²) < 4.78 is 0. The number of carbonyl (C=O) groups is 2. The van der Waals surface area contributed by atoms with Gasteiger partial charge in [-0.2, -0.15) is 0 Å². The molecule has 0 aliphatic heterocycles. The topological polar surface area (TPSA) is 46.2 Å². The average molecular weight is 237 g/mol. The third-order valence-corrected chi connectivity index (χ3v) is 4.42. The van der Waals surface area contributed by atoms with Crippen molar-refractivity contribution in [2.75, 3.05) is 0 Å². The first-order valence-electron chi connectivity index (χ1n) is 6.96. The van der Waals surface area contributed by atoms with Crippen molar-refractivity contribution in [1.82, 2.24) is 5.32 Å². The Morgan fingerprint density at radius 3 is 2.47 bits per heavy atom. The quantitative estimate of drug-likeness (QED) is 0.818. The van der Waals surface area contributed by atoms with E-state index in [9.17, 15) is 9.59 Å². The van der Waals surface area contributed by atoms with Crippen LogP contribution >= 0.6 is 0 Å². The molecule has 1 N–H and O–H groups in total. The number of amides is 1. The number of carbonyl (C=O) groups excluding carboxylic acids is 2. The Balaban J connectivity index is 1.95. The summed E-state index contributed by atoms with van der Waals surface area (Å²) in [5, 5.41) is 3.05. The summed E-state index contributed by atoms with van der Waals surface area (Å²) in [5.41, 5.74) is 0. The van der Waals surface area contributed by atoms with Crippen LogP contribution in [0.15, 0.2) is 0 Å². The predicted molar refractivity (Wildman–Crippen MR) is 66.5 cm³/mol. The number of rotatable bonds is 3. The van der Waals surface area contributed by atoms with Crippen LogP contribution in [0.3, 0.4) is 0 Å². The van der Waals surface area contributed by atoms with Gasteiger partial charge in [-0.05, 0) is 39.0 Å². The molecule has 2 rings (SSSR count). The van der Waals surface area contributed by atoms with Crippen LogP contribution in [0.1, 0.15) is 52.4 Å². The molecular formula is C14H23NO2. The van der Waals surface area contributed by atoms with E-state index in [1.165, 1.54) is 6.42 Å². The molecule has 0 saturated heterocycles. The summed E-state index contributed by atoms with van der Waals surface area (Å²) in [4.78, 5) is 24.0. The second-order valence-electron chi connectivity index (χ2n) is 5.71. The largest absolute Gasteiger partial charge is 0.353 e. The first-order chi connectivity index (χ1) is 8.11. The molecule has 3 nitrogen and oxygen atoms in total. The molecule has 0 aromatic heterocycles. The lowest BCUT2D eigenvalue weighted by Crippen LogP contribution is -2.44. The van der Waals surface area contributed by atoms with Crippen LogP contribution < -0.4 is 5.32 Å². The van der Waals surface area contributed by atoms with Crippen LogP contribution in [0.4, 0.5) is 0 Å². The van der Waals surface area contributed by atoms with E-state index in [1.54, 1.807) is 0 Å². The zero-order valence-corrected chi connectivity index (χ0v) is 10.9. The Morgan fingerprint density at radius 1 is 1.35 bits per heavy atom. The maximum atomic E-state index is 12.1.